The maximum atomic E-state index is 14.5. The molecule has 0 amide bonds. The number of rotatable bonds is 4. The second-order valence-electron chi connectivity index (χ2n) is 7.46. The predicted molar refractivity (Wildman–Crippen MR) is 109 cm³/mol. The summed E-state index contributed by atoms with van der Waals surface area (Å²) >= 11 is 0. The van der Waals surface area contributed by atoms with Crippen molar-refractivity contribution >= 4 is 10.1 Å². The molecule has 3 aromatic rings. The largest absolute Gasteiger partial charge is 0.484 e. The van der Waals surface area contributed by atoms with Crippen LogP contribution < -0.4 is 4.74 Å². The van der Waals surface area contributed by atoms with E-state index >= 15 is 0 Å². The summed E-state index contributed by atoms with van der Waals surface area (Å²) in [7, 11) is -3.07. The van der Waals surface area contributed by atoms with Gasteiger partial charge in [0.1, 0.15) is 22.6 Å². The van der Waals surface area contributed by atoms with Gasteiger partial charge in [-0.2, -0.15) is 21.6 Å². The molecule has 1 aliphatic rings. The third-order valence-corrected chi connectivity index (χ3v) is 6.67. The summed E-state index contributed by atoms with van der Waals surface area (Å²) in [6.45, 7) is 1.75. The van der Waals surface area contributed by atoms with E-state index in [2.05, 4.69) is 4.18 Å². The summed E-state index contributed by atoms with van der Waals surface area (Å²) in [5.74, 6) is -0.602. The standard InChI is InChI=1S/C23H18F4O4S/c1-13-7-8-21(32(28,29)30-2)18(9-13)20-11-14-10-15(23(25,26)27)12-17(22(14)31-20)16-5-3-4-6-19(16)24/h3-10,12,20H,11H2,1-2H3. The first-order valence-electron chi connectivity index (χ1n) is 9.58. The topological polar surface area (TPSA) is 52.6 Å². The Labute approximate surface area is 182 Å². The van der Waals surface area contributed by atoms with Gasteiger partial charge in [0.25, 0.3) is 10.1 Å². The third-order valence-electron chi connectivity index (χ3n) is 5.32. The SMILES string of the molecule is COS(=O)(=O)c1ccc(C)cc1C1Cc2cc(C(F)(F)F)cc(-c3ccccc3F)c2O1. The van der Waals surface area contributed by atoms with Crippen molar-refractivity contribution in [3.05, 3.63) is 82.7 Å². The van der Waals surface area contributed by atoms with Crippen LogP contribution in [0.25, 0.3) is 11.1 Å². The van der Waals surface area contributed by atoms with Gasteiger partial charge in [0.2, 0.25) is 0 Å². The van der Waals surface area contributed by atoms with Gasteiger partial charge in [-0.3, -0.25) is 4.18 Å². The van der Waals surface area contributed by atoms with Crippen LogP contribution in [-0.4, -0.2) is 15.5 Å². The Morgan fingerprint density at radius 2 is 1.75 bits per heavy atom. The highest BCUT2D eigenvalue weighted by atomic mass is 32.2. The number of aryl methyl sites for hydroxylation is 1. The van der Waals surface area contributed by atoms with Crippen molar-refractivity contribution in [2.45, 2.75) is 30.5 Å². The first-order valence-corrected chi connectivity index (χ1v) is 11.0. The second kappa shape index (κ2) is 7.90. The van der Waals surface area contributed by atoms with Gasteiger partial charge in [-0.15, -0.1) is 0 Å². The van der Waals surface area contributed by atoms with Crippen molar-refractivity contribution in [3.63, 3.8) is 0 Å². The van der Waals surface area contributed by atoms with E-state index in [0.29, 0.717) is 0 Å². The average molecular weight is 466 g/mol. The molecule has 0 aromatic heterocycles. The van der Waals surface area contributed by atoms with Crippen molar-refractivity contribution < 1.29 is 34.9 Å². The molecule has 0 aliphatic carbocycles. The minimum Gasteiger partial charge on any atom is -0.484 e. The Hall–Kier alpha value is -2.91. The van der Waals surface area contributed by atoms with E-state index < -0.39 is 33.8 Å². The summed E-state index contributed by atoms with van der Waals surface area (Å²) in [4.78, 5) is -0.133. The maximum absolute atomic E-state index is 14.5. The number of alkyl halides is 3. The quantitative estimate of drug-likeness (QED) is 0.359. The lowest BCUT2D eigenvalue weighted by molar-refractivity contribution is -0.137. The van der Waals surface area contributed by atoms with Crippen molar-refractivity contribution in [1.82, 2.24) is 0 Å². The zero-order valence-electron chi connectivity index (χ0n) is 17.0. The first-order chi connectivity index (χ1) is 15.0. The number of ether oxygens (including phenoxy) is 1. The molecule has 32 heavy (non-hydrogen) atoms. The van der Waals surface area contributed by atoms with Gasteiger partial charge >= 0.3 is 6.18 Å². The molecule has 0 spiro atoms. The zero-order chi connectivity index (χ0) is 23.3. The van der Waals surface area contributed by atoms with Crippen LogP contribution in [0.5, 0.6) is 5.75 Å². The smallest absolute Gasteiger partial charge is 0.416 e. The minimum atomic E-state index is -4.65. The summed E-state index contributed by atoms with van der Waals surface area (Å²) in [5, 5.41) is 0. The molecule has 3 aromatic carbocycles. The Morgan fingerprint density at radius 3 is 2.41 bits per heavy atom. The van der Waals surface area contributed by atoms with Gasteiger partial charge in [0, 0.05) is 23.1 Å². The fourth-order valence-electron chi connectivity index (χ4n) is 3.82. The third kappa shape index (κ3) is 3.98. The van der Waals surface area contributed by atoms with Gasteiger partial charge in [0.05, 0.1) is 12.7 Å². The van der Waals surface area contributed by atoms with E-state index in [0.717, 1.165) is 30.9 Å². The highest BCUT2D eigenvalue weighted by molar-refractivity contribution is 7.86. The molecule has 4 rings (SSSR count). The molecule has 9 heteroatoms. The average Bonchev–Trinajstić information content (AvgIpc) is 3.17. The second-order valence-corrected chi connectivity index (χ2v) is 9.14. The number of hydrogen-bond donors (Lipinski definition) is 0. The predicted octanol–water partition coefficient (Wildman–Crippen LogP) is 5.83. The lowest BCUT2D eigenvalue weighted by atomic mass is 9.95. The summed E-state index contributed by atoms with van der Waals surface area (Å²) < 4.78 is 90.6. The lowest BCUT2D eigenvalue weighted by Gasteiger charge is -2.17. The number of halogens is 4. The van der Waals surface area contributed by atoms with E-state index in [1.165, 1.54) is 24.3 Å². The molecule has 0 saturated heterocycles. The molecular formula is C23H18F4O4S. The zero-order valence-corrected chi connectivity index (χ0v) is 17.9. The molecule has 1 unspecified atom stereocenters. The van der Waals surface area contributed by atoms with Crippen LogP contribution in [0.1, 0.15) is 28.4 Å². The molecule has 0 fully saturated rings. The van der Waals surface area contributed by atoms with Crippen LogP contribution in [0.2, 0.25) is 0 Å². The molecule has 0 bridgehead atoms. The van der Waals surface area contributed by atoms with Crippen LogP contribution in [0.4, 0.5) is 17.6 Å². The lowest BCUT2D eigenvalue weighted by Crippen LogP contribution is -2.12. The molecule has 0 N–H and O–H groups in total. The first kappa shape index (κ1) is 22.3. The van der Waals surface area contributed by atoms with Crippen LogP contribution in [-0.2, 0) is 26.9 Å². The number of hydrogen-bond acceptors (Lipinski definition) is 4. The fraction of sp³-hybridized carbons (Fsp3) is 0.217. The van der Waals surface area contributed by atoms with Gasteiger partial charge in [-0.1, -0.05) is 35.9 Å². The molecule has 0 radical (unpaired) electrons. The molecule has 1 aliphatic heterocycles. The van der Waals surface area contributed by atoms with Gasteiger partial charge < -0.3 is 4.74 Å². The van der Waals surface area contributed by atoms with E-state index in [9.17, 15) is 26.0 Å². The van der Waals surface area contributed by atoms with E-state index in [-0.39, 0.29) is 39.3 Å². The molecule has 1 heterocycles. The Kier molecular flexibility index (Phi) is 5.50. The van der Waals surface area contributed by atoms with Crippen LogP contribution in [0.3, 0.4) is 0 Å². The molecule has 1 atom stereocenters. The Morgan fingerprint density at radius 1 is 1.03 bits per heavy atom. The molecular weight excluding hydrogens is 448 g/mol. The van der Waals surface area contributed by atoms with E-state index in [1.54, 1.807) is 19.1 Å². The van der Waals surface area contributed by atoms with E-state index in [1.807, 2.05) is 0 Å². The van der Waals surface area contributed by atoms with Crippen molar-refractivity contribution in [2.75, 3.05) is 7.11 Å². The minimum absolute atomic E-state index is 0.0175. The monoisotopic (exact) mass is 466 g/mol. The number of benzene rings is 3. The molecule has 0 saturated carbocycles. The molecule has 4 nitrogen and oxygen atoms in total. The van der Waals surface area contributed by atoms with Crippen molar-refractivity contribution in [2.24, 2.45) is 0 Å². The van der Waals surface area contributed by atoms with Gasteiger partial charge in [-0.25, -0.2) is 4.39 Å². The van der Waals surface area contributed by atoms with E-state index in [4.69, 9.17) is 4.74 Å². The summed E-state index contributed by atoms with van der Waals surface area (Å²) in [6.07, 6.45) is -5.56. The van der Waals surface area contributed by atoms with Crippen LogP contribution >= 0.6 is 0 Å². The Balaban J connectivity index is 1.89. The van der Waals surface area contributed by atoms with Crippen molar-refractivity contribution in [3.8, 4) is 16.9 Å². The van der Waals surface area contributed by atoms with Gasteiger partial charge in [0.15, 0.2) is 0 Å². The fourth-order valence-corrected chi connectivity index (χ4v) is 4.71. The normalized spacial score (nSPS) is 16.0. The van der Waals surface area contributed by atoms with Crippen molar-refractivity contribution in [1.29, 1.82) is 0 Å². The molecule has 168 valence electrons. The summed E-state index contributed by atoms with van der Waals surface area (Å²) in [5.41, 5.74) is 0.192. The van der Waals surface area contributed by atoms with Crippen LogP contribution in [0, 0.1) is 12.7 Å². The maximum Gasteiger partial charge on any atom is 0.416 e. The highest BCUT2D eigenvalue weighted by Gasteiger charge is 2.37. The highest BCUT2D eigenvalue weighted by Crippen LogP contribution is 2.48. The van der Waals surface area contributed by atoms with Gasteiger partial charge in [-0.05, 0) is 36.8 Å². The Bertz CT molecular complexity index is 1300. The number of fused-ring (bicyclic) bond motifs is 1. The summed E-state index contributed by atoms with van der Waals surface area (Å²) in [6, 6.07) is 11.8. The van der Waals surface area contributed by atoms with Crippen LogP contribution in [0.15, 0.2) is 59.5 Å².